The number of carbonyl (C=O) groups excluding carboxylic acids is 11. The van der Waals surface area contributed by atoms with Crippen LogP contribution in [-0.2, 0) is 104 Å². The molecule has 18 atom stereocenters. The number of likely N-dealkylation sites (tertiary alicyclic amines) is 1. The minimum absolute atomic E-state index is 0.0663. The molecule has 44 nitrogen and oxygen atoms in total. The van der Waals surface area contributed by atoms with Gasteiger partial charge in [-0.1, -0.05) is 38.5 Å². The van der Waals surface area contributed by atoms with Crippen LogP contribution in [0.4, 0.5) is 0 Å². The van der Waals surface area contributed by atoms with Gasteiger partial charge in [-0.15, -0.1) is 0 Å². The number of β-amino-alcohol motifs (C(OH)–C–C–N with tert-alkyl or cyclic N) is 1. The molecule has 0 aliphatic carbocycles. The highest BCUT2D eigenvalue weighted by Gasteiger charge is 2.48. The second kappa shape index (κ2) is 61.9. The Hall–Kier alpha value is -6.44. The largest absolute Gasteiger partial charge is 0.394 e. The minimum Gasteiger partial charge on any atom is -0.394 e. The van der Waals surface area contributed by atoms with Crippen LogP contribution in [0, 0.1) is 0 Å². The molecular formula is C79H142N11O33P. The van der Waals surface area contributed by atoms with Gasteiger partial charge in [-0.05, 0) is 77.0 Å². The first-order valence-corrected chi connectivity index (χ1v) is 45.3. The van der Waals surface area contributed by atoms with E-state index in [4.69, 9.17) is 47.2 Å². The van der Waals surface area contributed by atoms with E-state index in [-0.39, 0.29) is 193 Å². The standard InChI is InChI=1S/C79H142N11O33P/c1-51(94)86-67-73(109)70(106)56(44-91)121-76(67)117-36-16-13-22-59(98)80-30-19-33-83-62(101)27-39-114-48-79(89-65(104)25-11-9-7-5-6-8-10-12-26-66(105)90-43-55(97)42-54(90)47-120-124(4,112)113,49-115-40-28-63(102)84-34-20-31-81-60(99)23-14-17-37-118-77-68(87-52(2)95)74(110)71(107)57(45-92)122-77)50-116-41-29-64(103)85-35-21-32-82-61(100)24-15-18-38-119-78-69(88-53(3)96)75(111)72(108)58(46-93)123-78/h54-58,67-78,91-93,97,106-111H,5-50H2,1-4H3,(H,80,98)(H,81,99)(H,82,100)(H,83,101)(H,84,102)(H,85,103)(H,86,94)(H,87,95)(H,88,96)(H,89,104)(H,112,113)/t54-,55+,56?,57?,58?,67?,68?,69?,70?,71?,72?,73?,74?,75?,76?,77?,78?,79?/m0/s1. The normalized spacial score (nSPS) is 25.3. The maximum atomic E-state index is 14.1. The second-order valence-electron chi connectivity index (χ2n) is 31.7. The molecule has 0 saturated carbocycles. The molecule has 4 fully saturated rings. The van der Waals surface area contributed by atoms with Crippen LogP contribution in [0.1, 0.15) is 188 Å². The number of aliphatic hydroxyl groups excluding tert-OH is 10. The molecule has 4 aliphatic rings. The lowest BCUT2D eigenvalue weighted by Gasteiger charge is -2.42. The molecule has 4 saturated heterocycles. The van der Waals surface area contributed by atoms with Gasteiger partial charge >= 0.3 is 7.60 Å². The fraction of sp³-hybridized carbons (Fsp3) is 0.861. The third kappa shape index (κ3) is 45.0. The van der Waals surface area contributed by atoms with Gasteiger partial charge in [0.2, 0.25) is 65.0 Å². The molecule has 16 unspecified atom stereocenters. The number of nitrogens with zero attached hydrogens (tertiary/aromatic N) is 1. The third-order valence-electron chi connectivity index (χ3n) is 20.7. The number of unbranched alkanes of at least 4 members (excludes halogenated alkanes) is 10. The van der Waals surface area contributed by atoms with E-state index in [9.17, 15) is 113 Å². The van der Waals surface area contributed by atoms with Gasteiger partial charge in [0.25, 0.3) is 0 Å². The molecule has 21 N–H and O–H groups in total. The number of rotatable bonds is 66. The summed E-state index contributed by atoms with van der Waals surface area (Å²) < 4.78 is 69.0. The molecule has 0 aromatic carbocycles. The third-order valence-corrected chi connectivity index (χ3v) is 21.3. The molecule has 4 rings (SSSR count). The number of carbonyl (C=O) groups is 11. The van der Waals surface area contributed by atoms with E-state index in [1.54, 1.807) is 0 Å². The average Bonchev–Trinajstić information content (AvgIpc) is 1.01. The van der Waals surface area contributed by atoms with Crippen molar-refractivity contribution in [2.24, 2.45) is 0 Å². The first-order chi connectivity index (χ1) is 59.2. The molecule has 0 radical (unpaired) electrons. The summed E-state index contributed by atoms with van der Waals surface area (Å²) in [7, 11) is -3.77. The molecule has 0 aromatic heterocycles. The zero-order valence-electron chi connectivity index (χ0n) is 72.1. The van der Waals surface area contributed by atoms with E-state index in [2.05, 4.69) is 53.2 Å². The van der Waals surface area contributed by atoms with Crippen LogP contribution in [0.2, 0.25) is 0 Å². The van der Waals surface area contributed by atoms with Crippen molar-refractivity contribution in [3.63, 3.8) is 0 Å². The van der Waals surface area contributed by atoms with Crippen molar-refractivity contribution in [2.45, 2.75) is 297 Å². The summed E-state index contributed by atoms with van der Waals surface area (Å²) in [5.41, 5.74) is -1.46. The van der Waals surface area contributed by atoms with Gasteiger partial charge in [0.1, 0.15) is 78.6 Å². The topological polar surface area (TPSA) is 643 Å². The molecular weight excluding hydrogens is 1660 g/mol. The maximum absolute atomic E-state index is 14.1. The van der Waals surface area contributed by atoms with Crippen LogP contribution in [0.25, 0.3) is 0 Å². The van der Waals surface area contributed by atoms with Crippen molar-refractivity contribution in [2.75, 3.05) is 138 Å². The predicted octanol–water partition coefficient (Wildman–Crippen LogP) is -4.98. The Morgan fingerprint density at radius 3 is 0.984 bits per heavy atom. The number of ether oxygens (including phenoxy) is 9. The number of nitrogens with one attached hydrogen (secondary N) is 10. The first kappa shape index (κ1) is 110. The Morgan fingerprint density at radius 2 is 0.677 bits per heavy atom. The molecule has 45 heteroatoms. The first-order valence-electron chi connectivity index (χ1n) is 43.3. The van der Waals surface area contributed by atoms with Gasteiger partial charge < -0.3 is 161 Å². The zero-order chi connectivity index (χ0) is 91.4. The fourth-order valence-corrected chi connectivity index (χ4v) is 14.4. The van der Waals surface area contributed by atoms with Crippen molar-refractivity contribution in [3.8, 4) is 0 Å². The summed E-state index contributed by atoms with van der Waals surface area (Å²) in [6, 6.07) is -3.81. The van der Waals surface area contributed by atoms with Crippen LogP contribution in [-0.4, -0.2) is 374 Å². The molecule has 11 amide bonds. The van der Waals surface area contributed by atoms with Crippen molar-refractivity contribution in [3.05, 3.63) is 0 Å². The average molecular weight is 1810 g/mol. The summed E-state index contributed by atoms with van der Waals surface area (Å²) >= 11 is 0. The summed E-state index contributed by atoms with van der Waals surface area (Å²) in [6.07, 6.45) is -6.56. The SMILES string of the molecule is CC(=O)NC1C(OCCCCC(=O)NCCCNC(=O)CCOCC(COCCC(=O)NCCCNC(=O)CCCCOC2OC(CO)C(O)C(O)C2NC(C)=O)(COCCC(=O)NCCCNC(=O)CCCCOC2OC(CO)C(O)C(O)C2NC(C)=O)NC(=O)CCCCCCCCCCC(=O)N2C[C@H](O)C[C@H]2COP(C)(=O)O)OC(CO)C(O)C1O. The lowest BCUT2D eigenvalue weighted by molar-refractivity contribution is -0.270. The Labute approximate surface area is 724 Å². The maximum Gasteiger partial charge on any atom is 0.325 e. The highest BCUT2D eigenvalue weighted by molar-refractivity contribution is 7.51. The minimum atomic E-state index is -3.77. The quantitative estimate of drug-likeness (QED) is 0.0200. The second-order valence-corrected chi connectivity index (χ2v) is 33.6. The van der Waals surface area contributed by atoms with E-state index in [0.29, 0.717) is 77.0 Å². The Kier molecular flexibility index (Phi) is 54.9. The van der Waals surface area contributed by atoms with Gasteiger partial charge in [0.15, 0.2) is 18.9 Å². The van der Waals surface area contributed by atoms with E-state index in [0.717, 1.165) is 38.8 Å². The highest BCUT2D eigenvalue weighted by Crippen LogP contribution is 2.38. The van der Waals surface area contributed by atoms with Gasteiger partial charge in [-0.3, -0.25) is 57.3 Å². The Bertz CT molecular complexity index is 2950. The molecule has 4 heterocycles. The van der Waals surface area contributed by atoms with E-state index < -0.39 is 178 Å². The van der Waals surface area contributed by atoms with Crippen LogP contribution in [0.5, 0.6) is 0 Å². The lowest BCUT2D eigenvalue weighted by Crippen LogP contribution is -2.64. The van der Waals surface area contributed by atoms with Gasteiger partial charge in [-0.2, -0.15) is 0 Å². The summed E-state index contributed by atoms with van der Waals surface area (Å²) in [6.45, 7) is 3.10. The van der Waals surface area contributed by atoms with Crippen LogP contribution >= 0.6 is 7.60 Å². The number of hydrogen-bond acceptors (Lipinski definition) is 32. The predicted molar refractivity (Wildman–Crippen MR) is 439 cm³/mol. The van der Waals surface area contributed by atoms with Gasteiger partial charge in [0, 0.05) is 144 Å². The Balaban J connectivity index is 1.31. The van der Waals surface area contributed by atoms with Crippen LogP contribution in [0.3, 0.4) is 0 Å². The number of hydrogen-bond donors (Lipinski definition) is 21. The zero-order valence-corrected chi connectivity index (χ0v) is 73.0. The molecule has 0 bridgehead atoms. The van der Waals surface area contributed by atoms with E-state index in [1.165, 1.54) is 25.7 Å². The van der Waals surface area contributed by atoms with Gasteiger partial charge in [-0.25, -0.2) is 0 Å². The van der Waals surface area contributed by atoms with Crippen molar-refractivity contribution >= 4 is 72.6 Å². The van der Waals surface area contributed by atoms with Crippen molar-refractivity contribution in [1.29, 1.82) is 0 Å². The lowest BCUT2D eigenvalue weighted by atomic mass is 9.97. The van der Waals surface area contributed by atoms with E-state index >= 15 is 0 Å². The molecule has 124 heavy (non-hydrogen) atoms. The van der Waals surface area contributed by atoms with Gasteiger partial charge in [0.05, 0.1) is 78.2 Å². The molecule has 0 aromatic rings. The van der Waals surface area contributed by atoms with Crippen LogP contribution < -0.4 is 53.2 Å². The number of aliphatic hydroxyl groups is 10. The smallest absolute Gasteiger partial charge is 0.325 e. The van der Waals surface area contributed by atoms with Crippen molar-refractivity contribution < 1.29 is 160 Å². The fourth-order valence-electron chi connectivity index (χ4n) is 14.0. The molecule has 716 valence electrons. The van der Waals surface area contributed by atoms with Crippen molar-refractivity contribution in [1.82, 2.24) is 58.1 Å². The molecule has 0 spiro atoms. The summed E-state index contributed by atoms with van der Waals surface area (Å²) in [4.78, 5) is 151. The summed E-state index contributed by atoms with van der Waals surface area (Å²) in [5, 5.41) is 129. The van der Waals surface area contributed by atoms with Crippen LogP contribution in [0.15, 0.2) is 0 Å². The Morgan fingerprint density at radius 1 is 0.387 bits per heavy atom. The highest BCUT2D eigenvalue weighted by atomic mass is 31.2. The monoisotopic (exact) mass is 1800 g/mol. The summed E-state index contributed by atoms with van der Waals surface area (Å²) in [5.74, 6) is -4.02. The number of amides is 11. The van der Waals surface area contributed by atoms with E-state index in [1.807, 2.05) is 0 Å². The molecule has 4 aliphatic heterocycles.